The molecular formula is C17H25NO3. The molecule has 2 fully saturated rings. The summed E-state index contributed by atoms with van der Waals surface area (Å²) in [5.74, 6) is -0.158. The number of aliphatic carboxylic acids is 1. The maximum Gasteiger partial charge on any atom is 0.303 e. The molecule has 0 radical (unpaired) electrons. The number of hydrogen-bond acceptors (Lipinski definition) is 2. The molecular weight excluding hydrogens is 266 g/mol. The van der Waals surface area contributed by atoms with Gasteiger partial charge >= 0.3 is 5.97 Å². The standard InChI is InChI=1S/C17H25NO3/c19-16(10-12-4-2-1-3-5-12)18-14-6-7-15(18)9-13(8-14)11-17(20)21/h4,13-15H,1-3,5-11H2,(H,20,21). The van der Waals surface area contributed by atoms with Crippen LogP contribution in [0.1, 0.15) is 64.2 Å². The van der Waals surface area contributed by atoms with Gasteiger partial charge in [0.1, 0.15) is 0 Å². The second-order valence-electron chi connectivity index (χ2n) is 6.91. The second-order valence-corrected chi connectivity index (χ2v) is 6.91. The van der Waals surface area contributed by atoms with Crippen LogP contribution in [-0.2, 0) is 9.59 Å². The van der Waals surface area contributed by atoms with Gasteiger partial charge in [-0.15, -0.1) is 0 Å². The van der Waals surface area contributed by atoms with Crippen LogP contribution >= 0.6 is 0 Å². The van der Waals surface area contributed by atoms with Crippen molar-refractivity contribution in [1.29, 1.82) is 0 Å². The molecule has 4 heteroatoms. The van der Waals surface area contributed by atoms with Crippen LogP contribution in [0.5, 0.6) is 0 Å². The van der Waals surface area contributed by atoms with Gasteiger partial charge in [0.2, 0.25) is 5.91 Å². The van der Waals surface area contributed by atoms with E-state index in [9.17, 15) is 9.59 Å². The zero-order valence-corrected chi connectivity index (χ0v) is 12.6. The van der Waals surface area contributed by atoms with Crippen molar-refractivity contribution in [3.05, 3.63) is 11.6 Å². The Hall–Kier alpha value is -1.32. The Morgan fingerprint density at radius 3 is 2.48 bits per heavy atom. The van der Waals surface area contributed by atoms with E-state index >= 15 is 0 Å². The third kappa shape index (κ3) is 3.30. The van der Waals surface area contributed by atoms with Crippen molar-refractivity contribution in [2.24, 2.45) is 5.92 Å². The second kappa shape index (κ2) is 6.20. The first-order chi connectivity index (χ1) is 10.1. The van der Waals surface area contributed by atoms with Crippen molar-refractivity contribution in [3.63, 3.8) is 0 Å². The average Bonchev–Trinajstić information content (AvgIpc) is 2.71. The van der Waals surface area contributed by atoms with E-state index in [1.54, 1.807) is 0 Å². The molecule has 0 aromatic rings. The van der Waals surface area contributed by atoms with Crippen molar-refractivity contribution < 1.29 is 14.7 Å². The summed E-state index contributed by atoms with van der Waals surface area (Å²) in [7, 11) is 0. The van der Waals surface area contributed by atoms with Gasteiger partial charge in [-0.25, -0.2) is 0 Å². The van der Waals surface area contributed by atoms with E-state index in [0.29, 0.717) is 18.5 Å². The number of nitrogens with zero attached hydrogens (tertiary/aromatic N) is 1. The molecule has 0 aromatic carbocycles. The molecule has 3 rings (SSSR count). The van der Waals surface area contributed by atoms with E-state index in [0.717, 1.165) is 38.5 Å². The zero-order valence-electron chi connectivity index (χ0n) is 12.6. The summed E-state index contributed by atoms with van der Waals surface area (Å²) in [6.45, 7) is 0. The van der Waals surface area contributed by atoms with Gasteiger partial charge in [0, 0.05) is 24.9 Å². The lowest BCUT2D eigenvalue weighted by Gasteiger charge is -2.39. The lowest BCUT2D eigenvalue weighted by Crippen LogP contribution is -2.46. The molecule has 2 heterocycles. The highest BCUT2D eigenvalue weighted by molar-refractivity contribution is 5.80. The SMILES string of the molecule is O=C(O)CC1CC2CCC(C1)N2C(=O)CC1=CCCCC1. The lowest BCUT2D eigenvalue weighted by atomic mass is 9.87. The maximum absolute atomic E-state index is 12.6. The number of carboxylic acids is 1. The minimum absolute atomic E-state index is 0.262. The van der Waals surface area contributed by atoms with Crippen molar-refractivity contribution in [2.45, 2.75) is 76.3 Å². The largest absolute Gasteiger partial charge is 0.481 e. The summed E-state index contributed by atoms with van der Waals surface area (Å²) in [6, 6.07) is 0.592. The van der Waals surface area contributed by atoms with Gasteiger partial charge in [-0.2, -0.15) is 0 Å². The van der Waals surface area contributed by atoms with Crippen molar-refractivity contribution in [2.75, 3.05) is 0 Å². The molecule has 1 N–H and O–H groups in total. The van der Waals surface area contributed by atoms with Gasteiger partial charge in [0.15, 0.2) is 0 Å². The summed E-state index contributed by atoms with van der Waals surface area (Å²) in [5.41, 5.74) is 1.32. The molecule has 2 aliphatic heterocycles. The number of carboxylic acid groups (broad SMARTS) is 1. The van der Waals surface area contributed by atoms with Crippen LogP contribution in [0.3, 0.4) is 0 Å². The minimum atomic E-state index is -0.702. The van der Waals surface area contributed by atoms with Gasteiger partial charge < -0.3 is 10.0 Å². The van der Waals surface area contributed by atoms with Crippen molar-refractivity contribution >= 4 is 11.9 Å². The topological polar surface area (TPSA) is 57.6 Å². The van der Waals surface area contributed by atoms with E-state index in [1.807, 2.05) is 0 Å². The number of hydrogen-bond donors (Lipinski definition) is 1. The summed E-state index contributed by atoms with van der Waals surface area (Å²) in [6.07, 6.45) is 11.7. The third-order valence-electron chi connectivity index (χ3n) is 5.35. The smallest absolute Gasteiger partial charge is 0.303 e. The Morgan fingerprint density at radius 2 is 1.90 bits per heavy atom. The Balaban J connectivity index is 1.60. The highest BCUT2D eigenvalue weighted by Gasteiger charge is 2.43. The molecule has 21 heavy (non-hydrogen) atoms. The maximum atomic E-state index is 12.6. The molecule has 0 aromatic heterocycles. The summed E-state index contributed by atoms with van der Waals surface area (Å²) >= 11 is 0. The van der Waals surface area contributed by atoms with Gasteiger partial charge in [-0.1, -0.05) is 11.6 Å². The summed E-state index contributed by atoms with van der Waals surface area (Å²) < 4.78 is 0. The van der Waals surface area contributed by atoms with Crippen LogP contribution in [0.4, 0.5) is 0 Å². The number of piperidine rings is 1. The summed E-state index contributed by atoms with van der Waals surface area (Å²) in [4.78, 5) is 25.6. The van der Waals surface area contributed by atoms with Gasteiger partial charge in [-0.3, -0.25) is 9.59 Å². The molecule has 1 amide bonds. The zero-order chi connectivity index (χ0) is 14.8. The number of carbonyl (C=O) groups is 2. The molecule has 2 saturated heterocycles. The van der Waals surface area contributed by atoms with Crippen LogP contribution in [0.2, 0.25) is 0 Å². The van der Waals surface area contributed by atoms with Gasteiger partial charge in [0.05, 0.1) is 0 Å². The molecule has 2 bridgehead atoms. The van der Waals surface area contributed by atoms with Crippen LogP contribution in [0, 0.1) is 5.92 Å². The Labute approximate surface area is 126 Å². The monoisotopic (exact) mass is 291 g/mol. The minimum Gasteiger partial charge on any atom is -0.481 e. The Kier molecular flexibility index (Phi) is 4.32. The van der Waals surface area contributed by atoms with E-state index in [-0.39, 0.29) is 18.2 Å². The van der Waals surface area contributed by atoms with Crippen LogP contribution in [-0.4, -0.2) is 34.0 Å². The normalized spacial score (nSPS) is 31.9. The van der Waals surface area contributed by atoms with E-state index < -0.39 is 5.97 Å². The summed E-state index contributed by atoms with van der Waals surface area (Å²) in [5, 5.41) is 8.96. The number of rotatable bonds is 4. The molecule has 0 spiro atoms. The van der Waals surface area contributed by atoms with Gasteiger partial charge in [-0.05, 0) is 57.3 Å². The molecule has 2 atom stereocenters. The first kappa shape index (κ1) is 14.6. The Morgan fingerprint density at radius 1 is 1.19 bits per heavy atom. The average molecular weight is 291 g/mol. The van der Waals surface area contributed by atoms with Crippen LogP contribution in [0.15, 0.2) is 11.6 Å². The number of amides is 1. The van der Waals surface area contributed by atoms with Crippen LogP contribution < -0.4 is 0 Å². The van der Waals surface area contributed by atoms with E-state index in [4.69, 9.17) is 5.11 Å². The quantitative estimate of drug-likeness (QED) is 0.810. The Bertz CT molecular complexity index is 443. The van der Waals surface area contributed by atoms with Crippen molar-refractivity contribution in [1.82, 2.24) is 4.90 Å². The molecule has 1 aliphatic carbocycles. The molecule has 2 unspecified atom stereocenters. The highest BCUT2D eigenvalue weighted by Crippen LogP contribution is 2.40. The predicted octanol–water partition coefficient (Wildman–Crippen LogP) is 3.12. The number of carbonyl (C=O) groups excluding carboxylic acids is 1. The fourth-order valence-electron chi connectivity index (χ4n) is 4.46. The molecule has 4 nitrogen and oxygen atoms in total. The third-order valence-corrected chi connectivity index (χ3v) is 5.35. The molecule has 3 aliphatic rings. The fourth-order valence-corrected chi connectivity index (χ4v) is 4.46. The number of fused-ring (bicyclic) bond motifs is 2. The van der Waals surface area contributed by atoms with Crippen LogP contribution in [0.25, 0.3) is 0 Å². The first-order valence-corrected chi connectivity index (χ1v) is 8.34. The van der Waals surface area contributed by atoms with Crippen molar-refractivity contribution in [3.8, 4) is 0 Å². The van der Waals surface area contributed by atoms with Gasteiger partial charge in [0.25, 0.3) is 0 Å². The molecule has 0 saturated carbocycles. The highest BCUT2D eigenvalue weighted by atomic mass is 16.4. The van der Waals surface area contributed by atoms with E-state index in [2.05, 4.69) is 11.0 Å². The number of allylic oxidation sites excluding steroid dienone is 1. The first-order valence-electron chi connectivity index (χ1n) is 8.34. The molecule has 116 valence electrons. The predicted molar refractivity (Wildman–Crippen MR) is 79.8 cm³/mol. The van der Waals surface area contributed by atoms with E-state index in [1.165, 1.54) is 18.4 Å². The fraction of sp³-hybridized carbons (Fsp3) is 0.765. The lowest BCUT2D eigenvalue weighted by molar-refractivity contribution is -0.139.